The van der Waals surface area contributed by atoms with Crippen LogP contribution in [0.4, 0.5) is 11.4 Å². The molecule has 3 aromatic carbocycles. The SMILES string of the molecule is CCN1CC(CN(C)CC(=O)Nc2cccc3ccccc23)Oc2ccccc21. The molecular formula is C24H27N3O2. The number of anilines is 2. The number of hydrogen-bond donors (Lipinski definition) is 1. The summed E-state index contributed by atoms with van der Waals surface area (Å²) in [7, 11) is 1.96. The first-order valence-electron chi connectivity index (χ1n) is 10.1. The van der Waals surface area contributed by atoms with E-state index in [1.54, 1.807) is 0 Å². The number of para-hydroxylation sites is 2. The van der Waals surface area contributed by atoms with Crippen molar-refractivity contribution in [3.8, 4) is 5.75 Å². The molecule has 1 heterocycles. The van der Waals surface area contributed by atoms with Crippen LogP contribution in [-0.4, -0.2) is 50.1 Å². The summed E-state index contributed by atoms with van der Waals surface area (Å²) in [5.41, 5.74) is 1.99. The third-order valence-electron chi connectivity index (χ3n) is 5.30. The average Bonchev–Trinajstić information content (AvgIpc) is 2.73. The number of carbonyl (C=O) groups excluding carboxylic acids is 1. The number of carbonyl (C=O) groups is 1. The van der Waals surface area contributed by atoms with E-state index in [0.29, 0.717) is 13.1 Å². The number of benzene rings is 3. The molecule has 29 heavy (non-hydrogen) atoms. The molecule has 1 amide bonds. The Morgan fingerprint density at radius 3 is 2.72 bits per heavy atom. The van der Waals surface area contributed by atoms with Crippen molar-refractivity contribution in [2.75, 3.05) is 43.4 Å². The summed E-state index contributed by atoms with van der Waals surface area (Å²) in [5, 5.41) is 5.23. The minimum Gasteiger partial charge on any atom is -0.485 e. The molecule has 3 aromatic rings. The highest BCUT2D eigenvalue weighted by atomic mass is 16.5. The van der Waals surface area contributed by atoms with E-state index in [1.807, 2.05) is 60.5 Å². The van der Waals surface area contributed by atoms with Crippen molar-refractivity contribution in [1.82, 2.24) is 4.90 Å². The topological polar surface area (TPSA) is 44.8 Å². The van der Waals surface area contributed by atoms with Crippen LogP contribution in [0.1, 0.15) is 6.92 Å². The molecule has 0 saturated heterocycles. The van der Waals surface area contributed by atoms with Crippen molar-refractivity contribution in [3.63, 3.8) is 0 Å². The Labute approximate surface area is 171 Å². The van der Waals surface area contributed by atoms with Crippen LogP contribution in [0.25, 0.3) is 10.8 Å². The van der Waals surface area contributed by atoms with Crippen LogP contribution in [0.15, 0.2) is 66.7 Å². The summed E-state index contributed by atoms with van der Waals surface area (Å²) in [4.78, 5) is 17.0. The molecule has 0 fully saturated rings. The van der Waals surface area contributed by atoms with Crippen LogP contribution < -0.4 is 15.0 Å². The summed E-state index contributed by atoms with van der Waals surface area (Å²) < 4.78 is 6.18. The lowest BCUT2D eigenvalue weighted by atomic mass is 10.1. The number of fused-ring (bicyclic) bond motifs is 2. The molecule has 0 radical (unpaired) electrons. The molecule has 0 saturated carbocycles. The Morgan fingerprint density at radius 2 is 1.86 bits per heavy atom. The molecule has 1 unspecified atom stereocenters. The van der Waals surface area contributed by atoms with Gasteiger partial charge in [0, 0.05) is 24.2 Å². The van der Waals surface area contributed by atoms with Gasteiger partial charge in [-0.25, -0.2) is 0 Å². The zero-order valence-corrected chi connectivity index (χ0v) is 17.0. The van der Waals surface area contributed by atoms with Gasteiger partial charge in [0.05, 0.1) is 18.8 Å². The molecule has 1 aliphatic rings. The minimum atomic E-state index is -0.0209. The molecular weight excluding hydrogens is 362 g/mol. The number of likely N-dealkylation sites (N-methyl/N-ethyl adjacent to an activating group) is 2. The van der Waals surface area contributed by atoms with Crippen molar-refractivity contribution in [1.29, 1.82) is 0 Å². The van der Waals surface area contributed by atoms with Gasteiger partial charge in [-0.3, -0.25) is 9.69 Å². The third kappa shape index (κ3) is 4.35. The maximum atomic E-state index is 12.6. The largest absolute Gasteiger partial charge is 0.485 e. The highest BCUT2D eigenvalue weighted by Gasteiger charge is 2.25. The zero-order valence-electron chi connectivity index (χ0n) is 17.0. The highest BCUT2D eigenvalue weighted by molar-refractivity contribution is 6.02. The minimum absolute atomic E-state index is 0.0209. The Bertz CT molecular complexity index is 999. The molecule has 1 aliphatic heterocycles. The van der Waals surface area contributed by atoms with Crippen molar-refractivity contribution in [3.05, 3.63) is 66.7 Å². The second-order valence-electron chi connectivity index (χ2n) is 7.52. The summed E-state index contributed by atoms with van der Waals surface area (Å²) in [6.45, 7) is 4.91. The van der Waals surface area contributed by atoms with E-state index in [-0.39, 0.29) is 12.0 Å². The number of nitrogens with one attached hydrogen (secondary N) is 1. The smallest absolute Gasteiger partial charge is 0.238 e. The highest BCUT2D eigenvalue weighted by Crippen LogP contribution is 2.32. The van der Waals surface area contributed by atoms with Gasteiger partial charge in [0.2, 0.25) is 5.91 Å². The van der Waals surface area contributed by atoms with E-state index in [1.165, 1.54) is 0 Å². The summed E-state index contributed by atoms with van der Waals surface area (Å²) in [6.07, 6.45) is 0.0280. The first-order chi connectivity index (χ1) is 14.1. The predicted molar refractivity (Wildman–Crippen MR) is 119 cm³/mol. The van der Waals surface area contributed by atoms with E-state index in [4.69, 9.17) is 4.74 Å². The van der Waals surface area contributed by atoms with Gasteiger partial charge >= 0.3 is 0 Å². The third-order valence-corrected chi connectivity index (χ3v) is 5.30. The number of amides is 1. The van der Waals surface area contributed by atoms with Crippen LogP contribution in [0, 0.1) is 0 Å². The molecule has 4 rings (SSSR count). The number of ether oxygens (including phenoxy) is 1. The van der Waals surface area contributed by atoms with Crippen LogP contribution in [0.2, 0.25) is 0 Å². The average molecular weight is 389 g/mol. The van der Waals surface area contributed by atoms with Crippen LogP contribution in [-0.2, 0) is 4.79 Å². The van der Waals surface area contributed by atoms with Crippen molar-refractivity contribution in [2.24, 2.45) is 0 Å². The first kappa shape index (κ1) is 19.3. The zero-order chi connectivity index (χ0) is 20.2. The number of hydrogen-bond acceptors (Lipinski definition) is 4. The predicted octanol–water partition coefficient (Wildman–Crippen LogP) is 4.00. The van der Waals surface area contributed by atoms with Gasteiger partial charge in [0.15, 0.2) is 0 Å². The standard InChI is InChI=1S/C24H27N3O2/c1-3-27-16-19(29-23-14-7-6-13-22(23)27)15-26(2)17-24(28)25-21-12-8-10-18-9-4-5-11-20(18)21/h4-14,19H,3,15-17H2,1-2H3,(H,25,28). The van der Waals surface area contributed by atoms with Crippen LogP contribution in [0.5, 0.6) is 5.75 Å². The van der Waals surface area contributed by atoms with Gasteiger partial charge in [-0.1, -0.05) is 48.5 Å². The van der Waals surface area contributed by atoms with Crippen molar-refractivity contribution in [2.45, 2.75) is 13.0 Å². The maximum absolute atomic E-state index is 12.6. The van der Waals surface area contributed by atoms with Crippen molar-refractivity contribution >= 4 is 28.1 Å². The van der Waals surface area contributed by atoms with Gasteiger partial charge in [-0.15, -0.1) is 0 Å². The second kappa shape index (κ2) is 8.53. The molecule has 1 N–H and O–H groups in total. The molecule has 5 nitrogen and oxygen atoms in total. The summed E-state index contributed by atoms with van der Waals surface area (Å²) in [5.74, 6) is 0.895. The van der Waals surface area contributed by atoms with E-state index < -0.39 is 0 Å². The van der Waals surface area contributed by atoms with Crippen LogP contribution >= 0.6 is 0 Å². The lowest BCUT2D eigenvalue weighted by Gasteiger charge is -2.37. The van der Waals surface area contributed by atoms with E-state index in [0.717, 1.165) is 41.0 Å². The number of nitrogens with zero attached hydrogens (tertiary/aromatic N) is 2. The van der Waals surface area contributed by atoms with Crippen molar-refractivity contribution < 1.29 is 9.53 Å². The summed E-state index contributed by atoms with van der Waals surface area (Å²) in [6, 6.07) is 22.2. The van der Waals surface area contributed by atoms with E-state index in [9.17, 15) is 4.79 Å². The van der Waals surface area contributed by atoms with E-state index in [2.05, 4.69) is 35.3 Å². The fourth-order valence-electron chi connectivity index (χ4n) is 3.95. The van der Waals surface area contributed by atoms with Gasteiger partial charge in [-0.05, 0) is 37.6 Å². The van der Waals surface area contributed by atoms with E-state index >= 15 is 0 Å². The Hall–Kier alpha value is -3.05. The van der Waals surface area contributed by atoms with Gasteiger partial charge < -0.3 is 15.0 Å². The van der Waals surface area contributed by atoms with Gasteiger partial charge in [-0.2, -0.15) is 0 Å². The molecule has 5 heteroatoms. The first-order valence-corrected chi connectivity index (χ1v) is 10.1. The Balaban J connectivity index is 1.37. The molecule has 0 aromatic heterocycles. The fourth-order valence-corrected chi connectivity index (χ4v) is 3.95. The quantitative estimate of drug-likeness (QED) is 0.692. The van der Waals surface area contributed by atoms with Gasteiger partial charge in [0.1, 0.15) is 11.9 Å². The molecule has 0 aliphatic carbocycles. The van der Waals surface area contributed by atoms with Crippen LogP contribution in [0.3, 0.4) is 0 Å². The Kier molecular flexibility index (Phi) is 5.67. The van der Waals surface area contributed by atoms with Gasteiger partial charge in [0.25, 0.3) is 0 Å². The molecule has 150 valence electrons. The molecule has 0 spiro atoms. The fraction of sp³-hybridized carbons (Fsp3) is 0.292. The second-order valence-corrected chi connectivity index (χ2v) is 7.52. The monoisotopic (exact) mass is 389 g/mol. The maximum Gasteiger partial charge on any atom is 0.238 e. The Morgan fingerprint density at radius 1 is 1.10 bits per heavy atom. The number of rotatable bonds is 6. The molecule has 0 bridgehead atoms. The lowest BCUT2D eigenvalue weighted by molar-refractivity contribution is -0.117. The molecule has 1 atom stereocenters. The lowest BCUT2D eigenvalue weighted by Crippen LogP contribution is -2.46. The normalized spacial score (nSPS) is 15.8. The summed E-state index contributed by atoms with van der Waals surface area (Å²) >= 11 is 0.